The van der Waals surface area contributed by atoms with Crippen LogP contribution in [0.4, 0.5) is 5.95 Å². The van der Waals surface area contributed by atoms with E-state index in [1.54, 1.807) is 12.1 Å². The lowest BCUT2D eigenvalue weighted by atomic mass is 10.1. The van der Waals surface area contributed by atoms with Crippen LogP contribution in [0.3, 0.4) is 0 Å². The van der Waals surface area contributed by atoms with E-state index in [-0.39, 0.29) is 6.04 Å². The number of benzene rings is 2. The third-order valence-corrected chi connectivity index (χ3v) is 6.83. The van der Waals surface area contributed by atoms with Gasteiger partial charge >= 0.3 is 0 Å². The molecular formula is C24H21ClN6O2. The molecule has 4 aromatic rings. The number of halogens is 1. The van der Waals surface area contributed by atoms with Crippen molar-refractivity contribution in [3.63, 3.8) is 0 Å². The van der Waals surface area contributed by atoms with Crippen LogP contribution in [0.2, 0.25) is 5.02 Å². The highest BCUT2D eigenvalue weighted by Gasteiger charge is 2.54. The van der Waals surface area contributed by atoms with Gasteiger partial charge < -0.3 is 15.2 Å². The number of nitrogens with zero attached hydrogens (tertiary/aromatic N) is 5. The summed E-state index contributed by atoms with van der Waals surface area (Å²) in [4.78, 5) is 13.7. The lowest BCUT2D eigenvalue weighted by Gasteiger charge is -2.26. The van der Waals surface area contributed by atoms with Gasteiger partial charge in [0.1, 0.15) is 5.69 Å². The molecule has 3 heterocycles. The Labute approximate surface area is 195 Å². The average Bonchev–Trinajstić information content (AvgIpc) is 3.15. The van der Waals surface area contributed by atoms with Crippen LogP contribution in [-0.2, 0) is 7.05 Å². The number of carbonyl (C=O) groups excluding carboxylic acids is 1. The molecule has 0 bridgehead atoms. The van der Waals surface area contributed by atoms with Crippen molar-refractivity contribution in [3.8, 4) is 22.7 Å². The summed E-state index contributed by atoms with van der Waals surface area (Å²) in [6.07, 6.45) is 2.15. The van der Waals surface area contributed by atoms with Gasteiger partial charge in [0.15, 0.2) is 11.6 Å². The van der Waals surface area contributed by atoms with E-state index in [2.05, 4.69) is 20.3 Å². The standard InChI is InChI=1S/C24H21ClN6O2/c1-30-23(14-7-5-13(6-8-14)22(26)32)27-28-24(30)31-19-10-16(19)11-20(31)18-12-21(33-29-18)15-3-2-4-17(25)9-15/h2-9,12,16,19-20H,10-11H2,1H3,(H2,26,32). The number of amides is 1. The number of nitrogens with two attached hydrogens (primary N) is 1. The van der Waals surface area contributed by atoms with Crippen molar-refractivity contribution in [3.05, 3.63) is 70.9 Å². The second kappa shape index (κ2) is 7.45. The Morgan fingerprint density at radius 1 is 1.09 bits per heavy atom. The van der Waals surface area contributed by atoms with Crippen LogP contribution in [0, 0.1) is 5.92 Å². The molecule has 1 aliphatic heterocycles. The van der Waals surface area contributed by atoms with Crippen LogP contribution in [0.25, 0.3) is 22.7 Å². The summed E-state index contributed by atoms with van der Waals surface area (Å²) in [5.41, 5.74) is 8.47. The van der Waals surface area contributed by atoms with Gasteiger partial charge in [0, 0.05) is 40.9 Å². The summed E-state index contributed by atoms with van der Waals surface area (Å²) in [6, 6.07) is 17.1. The maximum absolute atomic E-state index is 11.4. The maximum Gasteiger partial charge on any atom is 0.248 e. The number of anilines is 1. The van der Waals surface area contributed by atoms with E-state index in [9.17, 15) is 4.79 Å². The molecule has 1 saturated carbocycles. The summed E-state index contributed by atoms with van der Waals surface area (Å²) < 4.78 is 7.66. The van der Waals surface area contributed by atoms with Crippen molar-refractivity contribution >= 4 is 23.5 Å². The van der Waals surface area contributed by atoms with Crippen LogP contribution < -0.4 is 10.6 Å². The highest BCUT2D eigenvalue weighted by Crippen LogP contribution is 2.55. The molecule has 2 aromatic heterocycles. The lowest BCUT2D eigenvalue weighted by Crippen LogP contribution is -2.29. The molecule has 0 spiro atoms. The van der Waals surface area contributed by atoms with E-state index in [1.807, 2.05) is 54.1 Å². The van der Waals surface area contributed by atoms with Crippen LogP contribution >= 0.6 is 11.6 Å². The van der Waals surface area contributed by atoms with Crippen molar-refractivity contribution in [2.24, 2.45) is 18.7 Å². The molecule has 0 radical (unpaired) electrons. The van der Waals surface area contributed by atoms with E-state index in [0.29, 0.717) is 28.3 Å². The number of hydrogen-bond acceptors (Lipinski definition) is 6. The number of piperidine rings is 1. The molecule has 6 rings (SSSR count). The molecule has 1 aliphatic carbocycles. The van der Waals surface area contributed by atoms with Crippen LogP contribution in [0.15, 0.2) is 59.1 Å². The number of rotatable bonds is 5. The van der Waals surface area contributed by atoms with E-state index < -0.39 is 5.91 Å². The van der Waals surface area contributed by atoms with Crippen molar-refractivity contribution in [2.75, 3.05) is 4.90 Å². The number of hydrogen-bond donors (Lipinski definition) is 1. The molecule has 33 heavy (non-hydrogen) atoms. The molecule has 1 saturated heterocycles. The minimum atomic E-state index is -0.454. The molecule has 2 fully saturated rings. The molecule has 9 heteroatoms. The Hall–Kier alpha value is -3.65. The van der Waals surface area contributed by atoms with Gasteiger partial charge in [-0.2, -0.15) is 0 Å². The summed E-state index contributed by atoms with van der Waals surface area (Å²) in [7, 11) is 1.96. The SMILES string of the molecule is Cn1c(-c2ccc(C(N)=O)cc2)nnc1N1C(c2cc(-c3cccc(Cl)c3)on2)CC2CC21. The van der Waals surface area contributed by atoms with Gasteiger partial charge in [0.2, 0.25) is 11.9 Å². The molecule has 166 valence electrons. The molecule has 2 aliphatic rings. The van der Waals surface area contributed by atoms with Crippen molar-refractivity contribution in [2.45, 2.75) is 24.9 Å². The molecule has 2 N–H and O–H groups in total. The topological polar surface area (TPSA) is 103 Å². The maximum atomic E-state index is 11.4. The van der Waals surface area contributed by atoms with Crippen LogP contribution in [-0.4, -0.2) is 31.9 Å². The van der Waals surface area contributed by atoms with Crippen molar-refractivity contribution in [1.82, 2.24) is 19.9 Å². The predicted octanol–water partition coefficient (Wildman–Crippen LogP) is 4.23. The van der Waals surface area contributed by atoms with E-state index in [1.165, 1.54) is 0 Å². The molecule has 2 aromatic carbocycles. The van der Waals surface area contributed by atoms with Gasteiger partial charge in [-0.15, -0.1) is 10.2 Å². The van der Waals surface area contributed by atoms with Crippen LogP contribution in [0.1, 0.15) is 34.9 Å². The second-order valence-corrected chi connectivity index (χ2v) is 9.11. The predicted molar refractivity (Wildman–Crippen MR) is 124 cm³/mol. The smallest absolute Gasteiger partial charge is 0.248 e. The first kappa shape index (κ1) is 20.0. The number of primary amides is 1. The Bertz CT molecular complexity index is 1360. The quantitative estimate of drug-likeness (QED) is 0.478. The first-order valence-corrected chi connectivity index (χ1v) is 11.2. The zero-order valence-electron chi connectivity index (χ0n) is 17.9. The van der Waals surface area contributed by atoms with E-state index in [4.69, 9.17) is 21.9 Å². The molecule has 8 nitrogen and oxygen atoms in total. The lowest BCUT2D eigenvalue weighted by molar-refractivity contribution is 0.100. The Morgan fingerprint density at radius 2 is 1.91 bits per heavy atom. The Balaban J connectivity index is 1.32. The van der Waals surface area contributed by atoms with Gasteiger partial charge in [-0.25, -0.2) is 0 Å². The van der Waals surface area contributed by atoms with Gasteiger partial charge in [-0.1, -0.05) is 41.0 Å². The van der Waals surface area contributed by atoms with Gasteiger partial charge in [0.25, 0.3) is 0 Å². The number of fused-ring (bicyclic) bond motifs is 1. The first-order valence-electron chi connectivity index (χ1n) is 10.8. The Kier molecular flexibility index (Phi) is 4.51. The third kappa shape index (κ3) is 3.38. The minimum Gasteiger partial charge on any atom is -0.366 e. The van der Waals surface area contributed by atoms with Gasteiger partial charge in [0.05, 0.1) is 6.04 Å². The van der Waals surface area contributed by atoms with Crippen molar-refractivity contribution < 1.29 is 9.32 Å². The zero-order valence-corrected chi connectivity index (χ0v) is 18.6. The normalized spacial score (nSPS) is 21.3. The van der Waals surface area contributed by atoms with Gasteiger partial charge in [-0.3, -0.25) is 9.36 Å². The Morgan fingerprint density at radius 3 is 2.67 bits per heavy atom. The summed E-state index contributed by atoms with van der Waals surface area (Å²) >= 11 is 6.14. The second-order valence-electron chi connectivity index (χ2n) is 8.67. The molecule has 3 unspecified atom stereocenters. The number of aromatic nitrogens is 4. The highest BCUT2D eigenvalue weighted by atomic mass is 35.5. The minimum absolute atomic E-state index is 0.0680. The fourth-order valence-corrected chi connectivity index (χ4v) is 5.00. The average molecular weight is 461 g/mol. The largest absolute Gasteiger partial charge is 0.366 e. The molecule has 1 amide bonds. The monoisotopic (exact) mass is 460 g/mol. The van der Waals surface area contributed by atoms with E-state index >= 15 is 0 Å². The van der Waals surface area contributed by atoms with Crippen LogP contribution in [0.5, 0.6) is 0 Å². The van der Waals surface area contributed by atoms with Crippen molar-refractivity contribution in [1.29, 1.82) is 0 Å². The molecule has 3 atom stereocenters. The summed E-state index contributed by atoms with van der Waals surface area (Å²) in [5, 5.41) is 14.0. The number of carbonyl (C=O) groups is 1. The fourth-order valence-electron chi connectivity index (χ4n) is 4.81. The van der Waals surface area contributed by atoms with E-state index in [0.717, 1.165) is 41.4 Å². The van der Waals surface area contributed by atoms with Gasteiger partial charge in [-0.05, 0) is 43.0 Å². The fraction of sp³-hybridized carbons (Fsp3) is 0.250. The molecular weight excluding hydrogens is 440 g/mol. The summed E-state index contributed by atoms with van der Waals surface area (Å²) in [5.74, 6) is 2.39. The highest BCUT2D eigenvalue weighted by molar-refractivity contribution is 6.30. The zero-order chi connectivity index (χ0) is 22.7. The third-order valence-electron chi connectivity index (χ3n) is 6.59. The summed E-state index contributed by atoms with van der Waals surface area (Å²) in [6.45, 7) is 0. The first-order chi connectivity index (χ1) is 16.0.